The number of hydrogen-bond acceptors (Lipinski definition) is 2. The first-order valence-electron chi connectivity index (χ1n) is 3.09. The van der Waals surface area contributed by atoms with Crippen molar-refractivity contribution in [1.82, 2.24) is 0 Å². The van der Waals surface area contributed by atoms with E-state index in [1.54, 1.807) is 6.08 Å². The topological polar surface area (TPSA) is 26.3 Å². The van der Waals surface area contributed by atoms with Crippen molar-refractivity contribution in [3.8, 4) is 0 Å². The molecule has 0 radical (unpaired) electrons. The van der Waals surface area contributed by atoms with Gasteiger partial charge in [-0.1, -0.05) is 13.8 Å². The van der Waals surface area contributed by atoms with Crippen LogP contribution in [0.2, 0.25) is 0 Å². The van der Waals surface area contributed by atoms with E-state index >= 15 is 0 Å². The molecular weight excluding hydrogens is 116 g/mol. The molecule has 50 valence electrons. The minimum absolute atomic E-state index is 0.0116. The molecule has 1 aliphatic rings. The summed E-state index contributed by atoms with van der Waals surface area (Å²) in [5, 5.41) is 0. The van der Waals surface area contributed by atoms with Crippen molar-refractivity contribution in [3.63, 3.8) is 0 Å². The van der Waals surface area contributed by atoms with E-state index in [1.807, 2.05) is 13.8 Å². The number of hydrogen-bond donors (Lipinski definition) is 0. The maximum absolute atomic E-state index is 10.4. The van der Waals surface area contributed by atoms with Crippen molar-refractivity contribution in [1.29, 1.82) is 0 Å². The van der Waals surface area contributed by atoms with Gasteiger partial charge in [-0.25, -0.2) is 4.79 Å². The average Bonchev–Trinajstić information content (AvgIpc) is 2.14. The average molecular weight is 126 g/mol. The van der Waals surface area contributed by atoms with Crippen LogP contribution >= 0.6 is 0 Å². The summed E-state index contributed by atoms with van der Waals surface area (Å²) in [6.07, 6.45) is 3.29. The standard InChI is InChI=1S/C7H10O2/c1-5(2)6-3-4-7(8)9-6/h3-6H,1-2H3. The Bertz CT molecular complexity index is 147. The zero-order valence-electron chi connectivity index (χ0n) is 5.63. The van der Waals surface area contributed by atoms with E-state index in [0.717, 1.165) is 0 Å². The van der Waals surface area contributed by atoms with Gasteiger partial charge in [0.25, 0.3) is 0 Å². The fourth-order valence-corrected chi connectivity index (χ4v) is 0.744. The highest BCUT2D eigenvalue weighted by atomic mass is 16.5. The number of cyclic esters (lactones) is 1. The molecule has 2 heteroatoms. The Morgan fingerprint density at radius 2 is 2.33 bits per heavy atom. The van der Waals surface area contributed by atoms with Crippen molar-refractivity contribution in [2.75, 3.05) is 0 Å². The molecule has 0 amide bonds. The molecule has 1 rings (SSSR count). The predicted octanol–water partition coefficient (Wildman–Crippen LogP) is 1.12. The molecule has 0 aromatic rings. The van der Waals surface area contributed by atoms with Gasteiger partial charge in [0.1, 0.15) is 6.10 Å². The minimum atomic E-state index is -0.214. The quantitative estimate of drug-likeness (QED) is 0.492. The fraction of sp³-hybridized carbons (Fsp3) is 0.571. The van der Waals surface area contributed by atoms with Crippen molar-refractivity contribution >= 4 is 5.97 Å². The first-order valence-corrected chi connectivity index (χ1v) is 3.09. The minimum Gasteiger partial charge on any atom is -0.455 e. The lowest BCUT2D eigenvalue weighted by Crippen LogP contribution is -2.14. The van der Waals surface area contributed by atoms with Gasteiger partial charge in [0.05, 0.1) is 0 Å². The van der Waals surface area contributed by atoms with Crippen LogP contribution < -0.4 is 0 Å². The van der Waals surface area contributed by atoms with Gasteiger partial charge in [-0.3, -0.25) is 0 Å². The highest BCUT2D eigenvalue weighted by Crippen LogP contribution is 2.13. The van der Waals surface area contributed by atoms with E-state index in [-0.39, 0.29) is 12.1 Å². The van der Waals surface area contributed by atoms with E-state index in [1.165, 1.54) is 6.08 Å². The van der Waals surface area contributed by atoms with Crippen molar-refractivity contribution in [2.45, 2.75) is 20.0 Å². The lowest BCUT2D eigenvalue weighted by atomic mass is 10.1. The van der Waals surface area contributed by atoms with Crippen LogP contribution in [-0.2, 0) is 9.53 Å². The Morgan fingerprint density at radius 1 is 1.67 bits per heavy atom. The number of carbonyl (C=O) groups is 1. The van der Waals surface area contributed by atoms with E-state index < -0.39 is 0 Å². The first-order chi connectivity index (χ1) is 4.20. The van der Waals surface area contributed by atoms with E-state index in [4.69, 9.17) is 4.74 Å². The molecule has 0 aromatic heterocycles. The molecule has 0 aliphatic carbocycles. The van der Waals surface area contributed by atoms with E-state index in [9.17, 15) is 4.79 Å². The van der Waals surface area contributed by atoms with Crippen LogP contribution in [0.15, 0.2) is 12.2 Å². The lowest BCUT2D eigenvalue weighted by molar-refractivity contribution is -0.140. The van der Waals surface area contributed by atoms with E-state index in [0.29, 0.717) is 5.92 Å². The molecule has 0 spiro atoms. The Labute approximate surface area is 54.5 Å². The summed E-state index contributed by atoms with van der Waals surface area (Å²) in [4.78, 5) is 10.4. The fourth-order valence-electron chi connectivity index (χ4n) is 0.744. The van der Waals surface area contributed by atoms with Gasteiger partial charge in [-0.05, 0) is 12.0 Å². The molecule has 9 heavy (non-hydrogen) atoms. The zero-order valence-corrected chi connectivity index (χ0v) is 5.63. The number of rotatable bonds is 1. The summed E-state index contributed by atoms with van der Waals surface area (Å²) in [7, 11) is 0. The third-order valence-electron chi connectivity index (χ3n) is 1.33. The second kappa shape index (κ2) is 2.21. The van der Waals surface area contributed by atoms with Crippen molar-refractivity contribution in [3.05, 3.63) is 12.2 Å². The molecule has 2 nitrogen and oxygen atoms in total. The first kappa shape index (κ1) is 6.33. The SMILES string of the molecule is CC(C)C1C=CC(=O)O1. The molecule has 1 aliphatic heterocycles. The summed E-state index contributed by atoms with van der Waals surface area (Å²) in [6.45, 7) is 4.04. The van der Waals surface area contributed by atoms with Crippen LogP contribution in [0.1, 0.15) is 13.8 Å². The van der Waals surface area contributed by atoms with Crippen molar-refractivity contribution in [2.24, 2.45) is 5.92 Å². The molecule has 0 saturated heterocycles. The van der Waals surface area contributed by atoms with Crippen molar-refractivity contribution < 1.29 is 9.53 Å². The van der Waals surface area contributed by atoms with Gasteiger partial charge in [0, 0.05) is 6.08 Å². The van der Waals surface area contributed by atoms with Gasteiger partial charge in [-0.15, -0.1) is 0 Å². The Hall–Kier alpha value is -0.790. The Morgan fingerprint density at radius 3 is 2.56 bits per heavy atom. The van der Waals surface area contributed by atoms with E-state index in [2.05, 4.69) is 0 Å². The molecule has 1 heterocycles. The highest BCUT2D eigenvalue weighted by Gasteiger charge is 2.18. The summed E-state index contributed by atoms with van der Waals surface area (Å²) >= 11 is 0. The smallest absolute Gasteiger partial charge is 0.331 e. The second-order valence-electron chi connectivity index (χ2n) is 2.50. The molecule has 0 N–H and O–H groups in total. The van der Waals surface area contributed by atoms with Crippen LogP contribution in [0.5, 0.6) is 0 Å². The number of carbonyl (C=O) groups excluding carboxylic acids is 1. The summed E-state index contributed by atoms with van der Waals surface area (Å²) in [5.74, 6) is 0.182. The second-order valence-corrected chi connectivity index (χ2v) is 2.50. The monoisotopic (exact) mass is 126 g/mol. The highest BCUT2D eigenvalue weighted by molar-refractivity contribution is 5.84. The third-order valence-corrected chi connectivity index (χ3v) is 1.33. The van der Waals surface area contributed by atoms with Crippen LogP contribution in [0.3, 0.4) is 0 Å². The largest absolute Gasteiger partial charge is 0.455 e. The Kier molecular flexibility index (Phi) is 1.56. The van der Waals surface area contributed by atoms with Crippen LogP contribution in [0.4, 0.5) is 0 Å². The van der Waals surface area contributed by atoms with Gasteiger partial charge in [0.2, 0.25) is 0 Å². The number of esters is 1. The van der Waals surface area contributed by atoms with Crippen LogP contribution in [0, 0.1) is 5.92 Å². The zero-order chi connectivity index (χ0) is 6.85. The normalized spacial score (nSPS) is 25.2. The van der Waals surface area contributed by atoms with Gasteiger partial charge >= 0.3 is 5.97 Å². The van der Waals surface area contributed by atoms with Crippen LogP contribution in [0.25, 0.3) is 0 Å². The molecule has 0 bridgehead atoms. The molecular formula is C7H10O2. The molecule has 0 aromatic carbocycles. The summed E-state index contributed by atoms with van der Waals surface area (Å²) < 4.78 is 4.87. The van der Waals surface area contributed by atoms with Crippen LogP contribution in [-0.4, -0.2) is 12.1 Å². The molecule has 0 saturated carbocycles. The molecule has 0 fully saturated rings. The molecule has 1 unspecified atom stereocenters. The lowest BCUT2D eigenvalue weighted by Gasteiger charge is -2.10. The van der Waals surface area contributed by atoms with Gasteiger partial charge in [0.15, 0.2) is 0 Å². The summed E-state index contributed by atoms with van der Waals surface area (Å²) in [6, 6.07) is 0. The maximum atomic E-state index is 10.4. The third kappa shape index (κ3) is 1.31. The van der Waals surface area contributed by atoms with Gasteiger partial charge in [-0.2, -0.15) is 0 Å². The Balaban J connectivity index is 2.50. The maximum Gasteiger partial charge on any atom is 0.331 e. The van der Waals surface area contributed by atoms with Gasteiger partial charge < -0.3 is 4.74 Å². The predicted molar refractivity (Wildman–Crippen MR) is 33.9 cm³/mol. The number of ether oxygens (including phenoxy) is 1. The summed E-state index contributed by atoms with van der Waals surface area (Å²) in [5.41, 5.74) is 0. The molecule has 1 atom stereocenters.